The minimum atomic E-state index is -0.854. The van der Waals surface area contributed by atoms with Crippen LogP contribution in [0.3, 0.4) is 0 Å². The van der Waals surface area contributed by atoms with E-state index < -0.39 is 17.7 Å². The minimum absolute atomic E-state index is 0.0188. The Hall–Kier alpha value is -4.17. The van der Waals surface area contributed by atoms with Gasteiger partial charge in [-0.05, 0) is 42.3 Å². The molecule has 1 amide bonds. The summed E-state index contributed by atoms with van der Waals surface area (Å²) in [5, 5.41) is 11.6. The van der Waals surface area contributed by atoms with Crippen molar-refractivity contribution < 1.29 is 24.2 Å². The summed E-state index contributed by atoms with van der Waals surface area (Å²) in [5.41, 5.74) is 1.82. The number of ketones is 1. The first-order chi connectivity index (χ1) is 17.5. The highest BCUT2D eigenvalue weighted by atomic mass is 32.1. The lowest BCUT2D eigenvalue weighted by atomic mass is 9.95. The summed E-state index contributed by atoms with van der Waals surface area (Å²) in [6, 6.07) is 20.6. The molecule has 3 aromatic carbocycles. The van der Waals surface area contributed by atoms with Gasteiger partial charge in [-0.3, -0.25) is 14.5 Å². The second-order valence-corrected chi connectivity index (χ2v) is 9.29. The number of Topliss-reactive ketones (excluding diaryl/α,β-unsaturated/α-hetero) is 1. The molecule has 36 heavy (non-hydrogen) atoms. The molecule has 0 bridgehead atoms. The maximum atomic E-state index is 13.4. The van der Waals surface area contributed by atoms with Crippen LogP contribution in [-0.2, 0) is 9.59 Å². The summed E-state index contributed by atoms with van der Waals surface area (Å²) in [7, 11) is 1.58. The Labute approximate surface area is 212 Å². The van der Waals surface area contributed by atoms with Gasteiger partial charge in [0.15, 0.2) is 5.13 Å². The fourth-order valence-electron chi connectivity index (χ4n) is 4.19. The van der Waals surface area contributed by atoms with Crippen LogP contribution >= 0.6 is 11.3 Å². The van der Waals surface area contributed by atoms with E-state index in [4.69, 9.17) is 9.47 Å². The van der Waals surface area contributed by atoms with Crippen molar-refractivity contribution in [3.8, 4) is 11.5 Å². The van der Waals surface area contributed by atoms with Crippen LogP contribution in [0.5, 0.6) is 11.5 Å². The smallest absolute Gasteiger partial charge is 0.301 e. The third-order valence-corrected chi connectivity index (χ3v) is 6.97. The van der Waals surface area contributed by atoms with Crippen LogP contribution in [0, 0.1) is 0 Å². The van der Waals surface area contributed by atoms with Gasteiger partial charge in [0.25, 0.3) is 5.78 Å². The highest BCUT2D eigenvalue weighted by Crippen LogP contribution is 2.44. The van der Waals surface area contributed by atoms with Crippen molar-refractivity contribution in [2.24, 2.45) is 0 Å². The SMILES string of the molecule is CCCOc1ccc([C@H]2C(=C(O)c3ccccc3)C(=O)C(=O)N2c2nc3ccc(OC)cc3s2)cc1. The van der Waals surface area contributed by atoms with Crippen LogP contribution < -0.4 is 14.4 Å². The lowest BCUT2D eigenvalue weighted by molar-refractivity contribution is -0.132. The van der Waals surface area contributed by atoms with Gasteiger partial charge in [-0.1, -0.05) is 60.7 Å². The number of nitrogens with zero attached hydrogens (tertiary/aromatic N) is 2. The lowest BCUT2D eigenvalue weighted by Crippen LogP contribution is -2.29. The first-order valence-electron chi connectivity index (χ1n) is 11.6. The van der Waals surface area contributed by atoms with E-state index in [2.05, 4.69) is 4.98 Å². The number of thiazole rings is 1. The normalized spacial score (nSPS) is 17.1. The van der Waals surface area contributed by atoms with Gasteiger partial charge < -0.3 is 14.6 Å². The van der Waals surface area contributed by atoms with Gasteiger partial charge in [0.2, 0.25) is 0 Å². The number of hydrogen-bond donors (Lipinski definition) is 1. The lowest BCUT2D eigenvalue weighted by Gasteiger charge is -2.23. The van der Waals surface area contributed by atoms with Crippen LogP contribution in [-0.4, -0.2) is 35.5 Å². The van der Waals surface area contributed by atoms with Gasteiger partial charge in [-0.2, -0.15) is 0 Å². The molecule has 0 saturated carbocycles. The molecule has 1 aliphatic heterocycles. The molecule has 1 aromatic heterocycles. The Morgan fingerprint density at radius 3 is 2.44 bits per heavy atom. The molecule has 1 saturated heterocycles. The molecular weight excluding hydrogens is 476 g/mol. The quantitative estimate of drug-likeness (QED) is 0.198. The summed E-state index contributed by atoms with van der Waals surface area (Å²) < 4.78 is 11.8. The summed E-state index contributed by atoms with van der Waals surface area (Å²) in [6.45, 7) is 2.61. The van der Waals surface area contributed by atoms with Crippen molar-refractivity contribution in [1.29, 1.82) is 0 Å². The van der Waals surface area contributed by atoms with E-state index in [9.17, 15) is 14.7 Å². The molecule has 5 rings (SSSR count). The van der Waals surface area contributed by atoms with Crippen LogP contribution in [0.1, 0.15) is 30.5 Å². The van der Waals surface area contributed by atoms with E-state index in [1.165, 1.54) is 16.2 Å². The van der Waals surface area contributed by atoms with Gasteiger partial charge >= 0.3 is 5.91 Å². The number of aliphatic hydroxyl groups is 1. The molecule has 2 heterocycles. The summed E-state index contributed by atoms with van der Waals surface area (Å²) in [5.74, 6) is -0.370. The van der Waals surface area contributed by atoms with E-state index >= 15 is 0 Å². The topological polar surface area (TPSA) is 89.0 Å². The van der Waals surface area contributed by atoms with Crippen molar-refractivity contribution in [2.45, 2.75) is 19.4 Å². The number of ether oxygens (including phenoxy) is 2. The van der Waals surface area contributed by atoms with Crippen molar-refractivity contribution >= 4 is 44.1 Å². The van der Waals surface area contributed by atoms with Gasteiger partial charge in [0.1, 0.15) is 17.3 Å². The fraction of sp³-hybridized carbons (Fsp3) is 0.179. The third-order valence-electron chi connectivity index (χ3n) is 5.95. The second kappa shape index (κ2) is 9.83. The number of hydrogen-bond acceptors (Lipinski definition) is 7. The van der Waals surface area contributed by atoms with E-state index in [0.717, 1.165) is 11.1 Å². The van der Waals surface area contributed by atoms with Crippen LogP contribution in [0.15, 0.2) is 78.4 Å². The zero-order valence-electron chi connectivity index (χ0n) is 19.8. The fourth-order valence-corrected chi connectivity index (χ4v) is 5.21. The van der Waals surface area contributed by atoms with Gasteiger partial charge in [0.05, 0.1) is 35.5 Å². The zero-order chi connectivity index (χ0) is 25.2. The molecule has 0 unspecified atom stereocenters. The molecule has 0 spiro atoms. The number of anilines is 1. The van der Waals surface area contributed by atoms with Gasteiger partial charge in [-0.15, -0.1) is 0 Å². The maximum Gasteiger partial charge on any atom is 0.301 e. The molecule has 1 fully saturated rings. The average molecular weight is 501 g/mol. The van der Waals surface area contributed by atoms with Crippen molar-refractivity contribution in [3.05, 3.63) is 89.5 Å². The molecule has 0 aliphatic carbocycles. The Morgan fingerprint density at radius 2 is 1.75 bits per heavy atom. The highest BCUT2D eigenvalue weighted by molar-refractivity contribution is 7.22. The number of amides is 1. The van der Waals surface area contributed by atoms with Crippen LogP contribution in [0.2, 0.25) is 0 Å². The molecule has 0 radical (unpaired) electrons. The molecule has 7 nitrogen and oxygen atoms in total. The van der Waals surface area contributed by atoms with E-state index in [0.29, 0.717) is 39.9 Å². The Morgan fingerprint density at radius 1 is 1.03 bits per heavy atom. The van der Waals surface area contributed by atoms with Crippen molar-refractivity contribution in [1.82, 2.24) is 4.98 Å². The number of carbonyl (C=O) groups is 2. The van der Waals surface area contributed by atoms with Crippen LogP contribution in [0.4, 0.5) is 5.13 Å². The monoisotopic (exact) mass is 500 g/mol. The predicted octanol–water partition coefficient (Wildman–Crippen LogP) is 5.72. The Balaban J connectivity index is 1.66. The summed E-state index contributed by atoms with van der Waals surface area (Å²) in [6.07, 6.45) is 0.876. The Kier molecular flexibility index (Phi) is 6.43. The zero-order valence-corrected chi connectivity index (χ0v) is 20.6. The highest BCUT2D eigenvalue weighted by Gasteiger charge is 2.48. The van der Waals surface area contributed by atoms with E-state index in [1.807, 2.05) is 37.3 Å². The number of carbonyl (C=O) groups excluding carboxylic acids is 2. The third kappa shape index (κ3) is 4.20. The Bertz CT molecular complexity index is 1460. The molecule has 8 heteroatoms. The molecule has 182 valence electrons. The molecule has 4 aromatic rings. The number of methoxy groups -OCH3 is 1. The summed E-state index contributed by atoms with van der Waals surface area (Å²) >= 11 is 1.28. The van der Waals surface area contributed by atoms with Crippen molar-refractivity contribution in [2.75, 3.05) is 18.6 Å². The average Bonchev–Trinajstić information content (AvgIpc) is 3.45. The second-order valence-electron chi connectivity index (χ2n) is 8.28. The van der Waals surface area contributed by atoms with Crippen LogP contribution in [0.25, 0.3) is 16.0 Å². The van der Waals surface area contributed by atoms with E-state index in [1.54, 1.807) is 49.6 Å². The minimum Gasteiger partial charge on any atom is -0.507 e. The van der Waals surface area contributed by atoms with Crippen molar-refractivity contribution in [3.63, 3.8) is 0 Å². The molecule has 1 N–H and O–H groups in total. The standard InChI is InChI=1S/C28H24N2O5S/c1-3-15-35-19-11-9-17(10-12-19)24-23(25(31)18-7-5-4-6-8-18)26(32)27(33)30(24)28-29-21-14-13-20(34-2)16-22(21)36-28/h4-14,16,24,31H,3,15H2,1-2H3/t24-/m0/s1. The number of fused-ring (bicyclic) bond motifs is 1. The maximum absolute atomic E-state index is 13.4. The molecule has 1 aliphatic rings. The number of aromatic nitrogens is 1. The molecule has 1 atom stereocenters. The number of benzene rings is 3. The summed E-state index contributed by atoms with van der Waals surface area (Å²) in [4.78, 5) is 32.7. The number of aliphatic hydroxyl groups excluding tert-OH is 1. The molecular formula is C28H24N2O5S. The predicted molar refractivity (Wildman–Crippen MR) is 140 cm³/mol. The first-order valence-corrected chi connectivity index (χ1v) is 12.4. The largest absolute Gasteiger partial charge is 0.507 e. The van der Waals surface area contributed by atoms with Gasteiger partial charge in [-0.25, -0.2) is 4.98 Å². The number of rotatable bonds is 7. The van der Waals surface area contributed by atoms with E-state index in [-0.39, 0.29) is 11.3 Å². The van der Waals surface area contributed by atoms with Gasteiger partial charge in [0, 0.05) is 5.56 Å². The first kappa shape index (κ1) is 23.6.